The number of carboxylic acids is 1. The average Bonchev–Trinajstić information content (AvgIpc) is 2.14. The third-order valence-electron chi connectivity index (χ3n) is 2.04. The maximum absolute atomic E-state index is 10.1. The van der Waals surface area contributed by atoms with E-state index in [4.69, 9.17) is 0 Å². The van der Waals surface area contributed by atoms with Crippen LogP contribution in [0.15, 0.2) is 11.8 Å². The van der Waals surface area contributed by atoms with Crippen LogP contribution in [0.1, 0.15) is 51.9 Å². The molecule has 0 aromatic heterocycles. The SMILES string of the molecule is CCCCCCCC(O)=CCC(=O)[O-].[Na+]. The summed E-state index contributed by atoms with van der Waals surface area (Å²) in [6, 6.07) is 0. The van der Waals surface area contributed by atoms with Crippen LogP contribution in [0.4, 0.5) is 0 Å². The van der Waals surface area contributed by atoms with Crippen molar-refractivity contribution in [1.29, 1.82) is 0 Å². The third kappa shape index (κ3) is 14.0. The molecule has 0 aliphatic rings. The van der Waals surface area contributed by atoms with Gasteiger partial charge in [-0.15, -0.1) is 0 Å². The molecule has 15 heavy (non-hydrogen) atoms. The summed E-state index contributed by atoms with van der Waals surface area (Å²) >= 11 is 0. The summed E-state index contributed by atoms with van der Waals surface area (Å²) in [6.45, 7) is 2.15. The molecule has 0 aliphatic heterocycles. The Labute approximate surface area is 114 Å². The van der Waals surface area contributed by atoms with E-state index in [9.17, 15) is 15.0 Å². The number of aliphatic hydroxyl groups is 1. The van der Waals surface area contributed by atoms with Crippen LogP contribution in [-0.4, -0.2) is 11.1 Å². The number of allylic oxidation sites excluding steroid dienone is 1. The van der Waals surface area contributed by atoms with Crippen molar-refractivity contribution in [3.63, 3.8) is 0 Å². The van der Waals surface area contributed by atoms with Gasteiger partial charge in [0.2, 0.25) is 0 Å². The minimum atomic E-state index is -1.15. The molecule has 0 aliphatic carbocycles. The van der Waals surface area contributed by atoms with Crippen LogP contribution < -0.4 is 34.7 Å². The van der Waals surface area contributed by atoms with E-state index < -0.39 is 5.97 Å². The van der Waals surface area contributed by atoms with Gasteiger partial charge in [0.15, 0.2) is 0 Å². The quantitative estimate of drug-likeness (QED) is 0.323. The number of aliphatic hydroxyl groups excluding tert-OH is 1. The first-order valence-electron chi connectivity index (χ1n) is 5.24. The Balaban J connectivity index is 0. The second-order valence-corrected chi connectivity index (χ2v) is 3.44. The van der Waals surface area contributed by atoms with E-state index in [0.717, 1.165) is 12.8 Å². The van der Waals surface area contributed by atoms with Crippen molar-refractivity contribution in [2.45, 2.75) is 51.9 Å². The van der Waals surface area contributed by atoms with Gasteiger partial charge in [-0.1, -0.05) is 32.6 Å². The first kappa shape index (κ1) is 17.4. The molecule has 0 rings (SSSR count). The fourth-order valence-electron chi connectivity index (χ4n) is 1.21. The molecule has 0 aromatic carbocycles. The van der Waals surface area contributed by atoms with Gasteiger partial charge in [-0.25, -0.2) is 0 Å². The monoisotopic (exact) mass is 222 g/mol. The minimum absolute atomic E-state index is 0. The zero-order valence-corrected chi connectivity index (χ0v) is 11.8. The Kier molecular flexibility index (Phi) is 14.0. The van der Waals surface area contributed by atoms with Crippen LogP contribution in [0.3, 0.4) is 0 Å². The summed E-state index contributed by atoms with van der Waals surface area (Å²) < 4.78 is 0. The van der Waals surface area contributed by atoms with Gasteiger partial charge in [-0.3, -0.25) is 0 Å². The molecule has 0 fully saturated rings. The summed E-state index contributed by atoms with van der Waals surface area (Å²) in [5.41, 5.74) is 0. The predicted octanol–water partition coefficient (Wildman–Crippen LogP) is -1.07. The summed E-state index contributed by atoms with van der Waals surface area (Å²) in [7, 11) is 0. The van der Waals surface area contributed by atoms with Crippen LogP contribution in [0.5, 0.6) is 0 Å². The van der Waals surface area contributed by atoms with Crippen LogP contribution in [0.25, 0.3) is 0 Å². The van der Waals surface area contributed by atoms with Crippen LogP contribution in [0.2, 0.25) is 0 Å². The molecule has 0 spiro atoms. The van der Waals surface area contributed by atoms with E-state index >= 15 is 0 Å². The number of aliphatic carboxylic acids is 1. The molecule has 3 nitrogen and oxygen atoms in total. The van der Waals surface area contributed by atoms with Gasteiger partial charge < -0.3 is 15.0 Å². The normalized spacial score (nSPS) is 10.9. The smallest absolute Gasteiger partial charge is 0.550 e. The first-order chi connectivity index (χ1) is 6.66. The Morgan fingerprint density at radius 1 is 1.27 bits per heavy atom. The van der Waals surface area contributed by atoms with Gasteiger partial charge in [0.25, 0.3) is 0 Å². The van der Waals surface area contributed by atoms with E-state index in [-0.39, 0.29) is 41.7 Å². The number of carboxylic acid groups (broad SMARTS) is 1. The van der Waals surface area contributed by atoms with Crippen molar-refractivity contribution in [2.75, 3.05) is 0 Å². The number of unbranched alkanes of at least 4 members (excludes halogenated alkanes) is 4. The maximum Gasteiger partial charge on any atom is 1.00 e. The molecule has 82 valence electrons. The molecule has 0 unspecified atom stereocenters. The van der Waals surface area contributed by atoms with Crippen molar-refractivity contribution in [3.8, 4) is 0 Å². The molecule has 0 bridgehead atoms. The molecule has 4 heteroatoms. The molecule has 0 radical (unpaired) electrons. The van der Waals surface area contributed by atoms with Crippen LogP contribution in [-0.2, 0) is 4.79 Å². The molecule has 0 atom stereocenters. The molecular weight excluding hydrogens is 203 g/mol. The maximum atomic E-state index is 10.1. The van der Waals surface area contributed by atoms with Gasteiger partial charge in [0, 0.05) is 18.8 Å². The zero-order valence-electron chi connectivity index (χ0n) is 9.79. The van der Waals surface area contributed by atoms with Crippen molar-refractivity contribution >= 4 is 5.97 Å². The minimum Gasteiger partial charge on any atom is -0.550 e. The third-order valence-corrected chi connectivity index (χ3v) is 2.04. The van der Waals surface area contributed by atoms with Crippen LogP contribution >= 0.6 is 0 Å². The number of hydrogen-bond acceptors (Lipinski definition) is 3. The number of carbonyl (C=O) groups excluding carboxylic acids is 1. The fraction of sp³-hybridized carbons (Fsp3) is 0.727. The van der Waals surface area contributed by atoms with Crippen molar-refractivity contribution in [1.82, 2.24) is 0 Å². The van der Waals surface area contributed by atoms with Crippen molar-refractivity contribution < 1.29 is 44.6 Å². The molecule has 1 N–H and O–H groups in total. The van der Waals surface area contributed by atoms with Gasteiger partial charge in [-0.05, 0) is 12.5 Å². The molecule has 0 amide bonds. The molecule has 0 saturated carbocycles. The van der Waals surface area contributed by atoms with Gasteiger partial charge in [0.05, 0.1) is 5.76 Å². The second kappa shape index (κ2) is 12.1. The standard InChI is InChI=1S/C11H20O3.Na/c1-2-3-4-5-6-7-10(12)8-9-11(13)14;/h8,12H,2-7,9H2,1H3,(H,13,14);/q;+1/p-1. The number of carbonyl (C=O) groups is 1. The van der Waals surface area contributed by atoms with Crippen LogP contribution in [0, 0.1) is 0 Å². The zero-order chi connectivity index (χ0) is 10.8. The largest absolute Gasteiger partial charge is 1.00 e. The van der Waals surface area contributed by atoms with Gasteiger partial charge in [0.1, 0.15) is 0 Å². The van der Waals surface area contributed by atoms with Crippen molar-refractivity contribution in [3.05, 3.63) is 11.8 Å². The summed E-state index contributed by atoms with van der Waals surface area (Å²) in [5, 5.41) is 19.3. The summed E-state index contributed by atoms with van der Waals surface area (Å²) in [5.74, 6) is -0.978. The topological polar surface area (TPSA) is 60.4 Å². The van der Waals surface area contributed by atoms with Gasteiger partial charge in [-0.2, -0.15) is 0 Å². The molecular formula is C11H19NaO3. The van der Waals surface area contributed by atoms with E-state index in [1.807, 2.05) is 0 Å². The molecule has 0 aromatic rings. The molecule has 0 heterocycles. The molecule has 0 saturated heterocycles. The van der Waals surface area contributed by atoms with E-state index in [0.29, 0.717) is 6.42 Å². The van der Waals surface area contributed by atoms with E-state index in [1.54, 1.807) is 0 Å². The number of hydrogen-bond donors (Lipinski definition) is 1. The fourth-order valence-corrected chi connectivity index (χ4v) is 1.21. The Morgan fingerprint density at radius 3 is 2.40 bits per heavy atom. The predicted molar refractivity (Wildman–Crippen MR) is 53.7 cm³/mol. The summed E-state index contributed by atoms with van der Waals surface area (Å²) in [4.78, 5) is 10.1. The van der Waals surface area contributed by atoms with E-state index in [1.165, 1.54) is 25.3 Å². The van der Waals surface area contributed by atoms with Crippen molar-refractivity contribution in [2.24, 2.45) is 0 Å². The Bertz CT molecular complexity index is 190. The average molecular weight is 222 g/mol. The summed E-state index contributed by atoms with van der Waals surface area (Å²) in [6.07, 6.45) is 7.33. The first-order valence-corrected chi connectivity index (χ1v) is 5.24. The second-order valence-electron chi connectivity index (χ2n) is 3.44. The van der Waals surface area contributed by atoms with E-state index in [2.05, 4.69) is 6.92 Å². The van der Waals surface area contributed by atoms with Gasteiger partial charge >= 0.3 is 29.6 Å². The Hall–Kier alpha value is 0.0100. The Morgan fingerprint density at radius 2 is 1.87 bits per heavy atom. The number of rotatable bonds is 8.